The highest BCUT2D eigenvalue weighted by atomic mass is 35.5. The van der Waals surface area contributed by atoms with Crippen LogP contribution in [0.1, 0.15) is 26.7 Å². The highest BCUT2D eigenvalue weighted by Crippen LogP contribution is 2.26. The van der Waals surface area contributed by atoms with Gasteiger partial charge in [-0.1, -0.05) is 11.6 Å². The molecule has 0 saturated carbocycles. The van der Waals surface area contributed by atoms with E-state index in [4.69, 9.17) is 21.1 Å². The van der Waals surface area contributed by atoms with Gasteiger partial charge in [0.2, 0.25) is 10.0 Å². The lowest BCUT2D eigenvalue weighted by atomic mass is 10.00. The van der Waals surface area contributed by atoms with Crippen LogP contribution in [0.4, 0.5) is 4.79 Å². The molecule has 1 aromatic rings. The van der Waals surface area contributed by atoms with Crippen molar-refractivity contribution in [3.8, 4) is 0 Å². The number of amides is 2. The molecule has 10 nitrogen and oxygen atoms in total. The number of benzene rings is 1. The number of rotatable bonds is 7. The fourth-order valence-electron chi connectivity index (χ4n) is 3.76. The SMILES string of the molecule is CCOC(=O)C1=C(COC(=O)C2CCCN(S(=O)(=O)c3ccc(Cl)cc3)C2)NC(=O)NC1C. The van der Waals surface area contributed by atoms with Crippen molar-refractivity contribution >= 4 is 39.6 Å². The number of piperidine rings is 1. The third-order valence-electron chi connectivity index (χ3n) is 5.39. The van der Waals surface area contributed by atoms with Gasteiger partial charge in [0.15, 0.2) is 0 Å². The van der Waals surface area contributed by atoms with Crippen LogP contribution in [0, 0.1) is 5.92 Å². The zero-order valence-corrected chi connectivity index (χ0v) is 19.9. The lowest BCUT2D eigenvalue weighted by Crippen LogP contribution is -2.50. The van der Waals surface area contributed by atoms with Gasteiger partial charge in [0.1, 0.15) is 6.61 Å². The van der Waals surface area contributed by atoms with E-state index in [-0.39, 0.29) is 42.5 Å². The number of nitrogens with one attached hydrogen (secondary N) is 2. The van der Waals surface area contributed by atoms with Crippen LogP contribution in [0.3, 0.4) is 0 Å². The molecule has 2 atom stereocenters. The molecule has 12 heteroatoms. The Bertz CT molecular complexity index is 1060. The Labute approximate surface area is 197 Å². The van der Waals surface area contributed by atoms with Crippen LogP contribution >= 0.6 is 11.6 Å². The normalized spacial score (nSPS) is 21.7. The van der Waals surface area contributed by atoms with E-state index in [0.717, 1.165) is 0 Å². The Morgan fingerprint density at radius 3 is 2.58 bits per heavy atom. The first kappa shape index (κ1) is 25.0. The van der Waals surface area contributed by atoms with Gasteiger partial charge >= 0.3 is 18.0 Å². The minimum atomic E-state index is -3.79. The number of carbonyl (C=O) groups excluding carboxylic acids is 3. The van der Waals surface area contributed by atoms with Crippen LogP contribution in [0.25, 0.3) is 0 Å². The third kappa shape index (κ3) is 5.84. The second-order valence-corrected chi connectivity index (χ2v) is 10.1. The van der Waals surface area contributed by atoms with Gasteiger partial charge in [0.25, 0.3) is 0 Å². The molecule has 0 bridgehead atoms. The number of hydrogen-bond donors (Lipinski definition) is 2. The van der Waals surface area contributed by atoms with Crippen LogP contribution in [0.5, 0.6) is 0 Å². The van der Waals surface area contributed by atoms with E-state index in [0.29, 0.717) is 17.9 Å². The third-order valence-corrected chi connectivity index (χ3v) is 7.52. The van der Waals surface area contributed by atoms with E-state index in [2.05, 4.69) is 10.6 Å². The number of halogens is 1. The Morgan fingerprint density at radius 1 is 1.21 bits per heavy atom. The van der Waals surface area contributed by atoms with E-state index >= 15 is 0 Å². The Balaban J connectivity index is 1.69. The summed E-state index contributed by atoms with van der Waals surface area (Å²) in [4.78, 5) is 36.9. The summed E-state index contributed by atoms with van der Waals surface area (Å²) < 4.78 is 37.5. The summed E-state index contributed by atoms with van der Waals surface area (Å²) in [6.45, 7) is 3.34. The average molecular weight is 500 g/mol. The minimum Gasteiger partial charge on any atom is -0.463 e. The molecule has 0 spiro atoms. The Morgan fingerprint density at radius 2 is 1.91 bits per heavy atom. The zero-order valence-electron chi connectivity index (χ0n) is 18.3. The fraction of sp³-hybridized carbons (Fsp3) is 0.476. The summed E-state index contributed by atoms with van der Waals surface area (Å²) in [5, 5.41) is 5.47. The first-order chi connectivity index (χ1) is 15.6. The molecule has 3 rings (SSSR count). The molecule has 2 heterocycles. The lowest BCUT2D eigenvalue weighted by molar-refractivity contribution is -0.149. The summed E-state index contributed by atoms with van der Waals surface area (Å²) in [6, 6.07) is 4.68. The second-order valence-electron chi connectivity index (χ2n) is 7.70. The molecule has 2 aliphatic rings. The van der Waals surface area contributed by atoms with Gasteiger partial charge in [-0.2, -0.15) is 4.31 Å². The number of nitrogens with zero attached hydrogens (tertiary/aromatic N) is 1. The van der Waals surface area contributed by atoms with Gasteiger partial charge < -0.3 is 20.1 Å². The molecular weight excluding hydrogens is 474 g/mol. The van der Waals surface area contributed by atoms with Crippen molar-refractivity contribution in [2.75, 3.05) is 26.3 Å². The molecule has 2 unspecified atom stereocenters. The number of esters is 2. The van der Waals surface area contributed by atoms with Crippen LogP contribution in [0.2, 0.25) is 5.02 Å². The van der Waals surface area contributed by atoms with Crippen molar-refractivity contribution in [1.29, 1.82) is 0 Å². The van der Waals surface area contributed by atoms with Crippen LogP contribution in [0.15, 0.2) is 40.4 Å². The summed E-state index contributed by atoms with van der Waals surface area (Å²) in [6.07, 6.45) is 0.945. The molecule has 1 saturated heterocycles. The van der Waals surface area contributed by atoms with Crippen molar-refractivity contribution in [2.45, 2.75) is 37.6 Å². The maximum absolute atomic E-state index is 12.9. The monoisotopic (exact) mass is 499 g/mol. The Hall–Kier alpha value is -2.63. The second kappa shape index (κ2) is 10.5. The summed E-state index contributed by atoms with van der Waals surface area (Å²) in [5.41, 5.74) is 0.305. The standard InChI is InChI=1S/C21H26ClN3O7S/c1-3-31-20(27)18-13(2)23-21(28)24-17(18)12-32-19(26)14-5-4-10-25(11-14)33(29,30)16-8-6-15(22)7-9-16/h6-9,13-14H,3-5,10-12H2,1-2H3,(H2,23,24,28). The van der Waals surface area contributed by atoms with Crippen molar-refractivity contribution in [2.24, 2.45) is 5.92 Å². The minimum absolute atomic E-state index is 0.0299. The predicted molar refractivity (Wildman–Crippen MR) is 119 cm³/mol. The quantitative estimate of drug-likeness (QED) is 0.547. The van der Waals surface area contributed by atoms with E-state index < -0.39 is 40.0 Å². The van der Waals surface area contributed by atoms with E-state index in [1.54, 1.807) is 13.8 Å². The van der Waals surface area contributed by atoms with Crippen LogP contribution < -0.4 is 10.6 Å². The molecule has 0 aromatic heterocycles. The van der Waals surface area contributed by atoms with Crippen LogP contribution in [-0.2, 0) is 29.1 Å². The summed E-state index contributed by atoms with van der Waals surface area (Å²) in [5.74, 6) is -1.91. The number of sulfonamides is 1. The molecule has 0 aliphatic carbocycles. The number of carbonyl (C=O) groups is 3. The first-order valence-corrected chi connectivity index (χ1v) is 12.3. The maximum Gasteiger partial charge on any atom is 0.338 e. The summed E-state index contributed by atoms with van der Waals surface area (Å²) >= 11 is 5.84. The summed E-state index contributed by atoms with van der Waals surface area (Å²) in [7, 11) is -3.79. The lowest BCUT2D eigenvalue weighted by Gasteiger charge is -2.31. The molecule has 33 heavy (non-hydrogen) atoms. The zero-order chi connectivity index (χ0) is 24.2. The largest absolute Gasteiger partial charge is 0.463 e. The van der Waals surface area contributed by atoms with Crippen molar-refractivity contribution < 1.29 is 32.3 Å². The van der Waals surface area contributed by atoms with E-state index in [9.17, 15) is 22.8 Å². The number of ether oxygens (including phenoxy) is 2. The van der Waals surface area contributed by atoms with Gasteiger partial charge in [-0.25, -0.2) is 18.0 Å². The van der Waals surface area contributed by atoms with Gasteiger partial charge in [-0.15, -0.1) is 0 Å². The highest BCUT2D eigenvalue weighted by Gasteiger charge is 2.35. The van der Waals surface area contributed by atoms with Crippen molar-refractivity contribution in [3.05, 3.63) is 40.6 Å². The molecule has 2 aliphatic heterocycles. The predicted octanol–water partition coefficient (Wildman–Crippen LogP) is 1.80. The van der Waals surface area contributed by atoms with Gasteiger partial charge in [0, 0.05) is 18.1 Å². The first-order valence-electron chi connectivity index (χ1n) is 10.5. The van der Waals surface area contributed by atoms with E-state index in [1.165, 1.54) is 28.6 Å². The molecular formula is C21H26ClN3O7S. The maximum atomic E-state index is 12.9. The molecule has 1 fully saturated rings. The molecule has 0 radical (unpaired) electrons. The molecule has 180 valence electrons. The molecule has 2 N–H and O–H groups in total. The number of hydrogen-bond acceptors (Lipinski definition) is 7. The molecule has 1 aromatic carbocycles. The number of urea groups is 1. The van der Waals surface area contributed by atoms with E-state index in [1.807, 2.05) is 0 Å². The van der Waals surface area contributed by atoms with Crippen LogP contribution in [-0.4, -0.2) is 63.0 Å². The van der Waals surface area contributed by atoms with Gasteiger partial charge in [-0.3, -0.25) is 4.79 Å². The topological polar surface area (TPSA) is 131 Å². The molecule has 2 amide bonds. The Kier molecular flexibility index (Phi) is 7.98. The fourth-order valence-corrected chi connectivity index (χ4v) is 5.41. The highest BCUT2D eigenvalue weighted by molar-refractivity contribution is 7.89. The van der Waals surface area contributed by atoms with Crippen molar-refractivity contribution in [3.63, 3.8) is 0 Å². The van der Waals surface area contributed by atoms with Gasteiger partial charge in [-0.05, 0) is 51.0 Å². The smallest absolute Gasteiger partial charge is 0.338 e. The average Bonchev–Trinajstić information content (AvgIpc) is 2.77. The van der Waals surface area contributed by atoms with Crippen molar-refractivity contribution in [1.82, 2.24) is 14.9 Å². The van der Waals surface area contributed by atoms with Gasteiger partial charge in [0.05, 0.1) is 34.7 Å².